The number of hydrogen-bond acceptors (Lipinski definition) is 4. The van der Waals surface area contributed by atoms with E-state index in [4.69, 9.17) is 9.47 Å². The molecule has 0 atom stereocenters. The number of nitrogens with one attached hydrogen (secondary N) is 1. The van der Waals surface area contributed by atoms with Crippen molar-refractivity contribution < 1.29 is 14.3 Å². The molecule has 0 fully saturated rings. The summed E-state index contributed by atoms with van der Waals surface area (Å²) in [7, 11) is 1.59. The normalized spacial score (nSPS) is 10.4. The number of carbonyl (C=O) groups is 1. The van der Waals surface area contributed by atoms with E-state index in [9.17, 15) is 4.79 Å². The zero-order valence-electron chi connectivity index (χ0n) is 13.0. The van der Waals surface area contributed by atoms with E-state index in [0.29, 0.717) is 22.7 Å². The van der Waals surface area contributed by atoms with Crippen LogP contribution >= 0.6 is 15.9 Å². The van der Waals surface area contributed by atoms with Crippen LogP contribution in [0.3, 0.4) is 0 Å². The highest BCUT2D eigenvalue weighted by atomic mass is 79.9. The number of benzene rings is 2. The summed E-state index contributed by atoms with van der Waals surface area (Å²) in [6.45, 7) is -0.0740. The third-order valence-electron chi connectivity index (χ3n) is 3.41. The molecule has 3 aromatic rings. The second-order valence-corrected chi connectivity index (χ2v) is 5.92. The summed E-state index contributed by atoms with van der Waals surface area (Å²) in [4.78, 5) is 16.5. The van der Waals surface area contributed by atoms with Crippen LogP contribution in [-0.4, -0.2) is 24.6 Å². The molecule has 24 heavy (non-hydrogen) atoms. The van der Waals surface area contributed by atoms with E-state index >= 15 is 0 Å². The molecule has 5 nitrogen and oxygen atoms in total. The fraction of sp³-hybridized carbons (Fsp3) is 0.111. The minimum atomic E-state index is -0.242. The number of nitrogens with zero attached hydrogens (tertiary/aromatic N) is 1. The van der Waals surface area contributed by atoms with Crippen molar-refractivity contribution in [1.82, 2.24) is 4.98 Å². The molecule has 0 aliphatic carbocycles. The van der Waals surface area contributed by atoms with Gasteiger partial charge in [-0.05, 0) is 48.5 Å². The van der Waals surface area contributed by atoms with Crippen molar-refractivity contribution in [2.75, 3.05) is 19.0 Å². The van der Waals surface area contributed by atoms with Gasteiger partial charge in [-0.2, -0.15) is 0 Å². The highest BCUT2D eigenvalue weighted by molar-refractivity contribution is 9.10. The van der Waals surface area contributed by atoms with Crippen molar-refractivity contribution in [3.63, 3.8) is 0 Å². The maximum atomic E-state index is 12.2. The minimum Gasteiger partial charge on any atom is -0.494 e. The zero-order chi connectivity index (χ0) is 16.9. The van der Waals surface area contributed by atoms with Crippen LogP contribution in [0.25, 0.3) is 10.9 Å². The SMILES string of the molecule is COc1ccc(NC(=O)COc2ccc(Br)cc2)c2cccnc12. The fourth-order valence-corrected chi connectivity index (χ4v) is 2.55. The van der Waals surface area contributed by atoms with E-state index in [0.717, 1.165) is 9.86 Å². The van der Waals surface area contributed by atoms with Crippen molar-refractivity contribution in [3.8, 4) is 11.5 Å². The highest BCUT2D eigenvalue weighted by Crippen LogP contribution is 2.29. The zero-order valence-corrected chi connectivity index (χ0v) is 14.5. The molecular formula is C18H15BrN2O3. The standard InChI is InChI=1S/C18H15BrN2O3/c1-23-16-9-8-15(14-3-2-10-20-18(14)16)21-17(22)11-24-13-6-4-12(19)5-7-13/h2-10H,11H2,1H3,(H,21,22). The number of amides is 1. The molecule has 0 bridgehead atoms. The maximum Gasteiger partial charge on any atom is 0.262 e. The molecule has 0 aliphatic heterocycles. The van der Waals surface area contributed by atoms with Crippen LogP contribution in [0.15, 0.2) is 59.2 Å². The van der Waals surface area contributed by atoms with Gasteiger partial charge in [0, 0.05) is 16.1 Å². The number of anilines is 1. The lowest BCUT2D eigenvalue weighted by molar-refractivity contribution is -0.118. The number of rotatable bonds is 5. The van der Waals surface area contributed by atoms with Gasteiger partial charge in [-0.1, -0.05) is 15.9 Å². The molecule has 1 amide bonds. The first-order valence-corrected chi connectivity index (χ1v) is 8.06. The lowest BCUT2D eigenvalue weighted by Gasteiger charge is -2.11. The Kier molecular flexibility index (Phi) is 4.96. The van der Waals surface area contributed by atoms with E-state index in [1.54, 1.807) is 37.6 Å². The van der Waals surface area contributed by atoms with Crippen LogP contribution < -0.4 is 14.8 Å². The van der Waals surface area contributed by atoms with Crippen molar-refractivity contribution in [1.29, 1.82) is 0 Å². The Bertz CT molecular complexity index is 866. The summed E-state index contributed by atoms with van der Waals surface area (Å²) < 4.78 is 11.7. The largest absolute Gasteiger partial charge is 0.494 e. The number of carbonyl (C=O) groups excluding carboxylic acids is 1. The van der Waals surface area contributed by atoms with Gasteiger partial charge < -0.3 is 14.8 Å². The molecule has 2 aromatic carbocycles. The van der Waals surface area contributed by atoms with Gasteiger partial charge in [0.05, 0.1) is 12.8 Å². The summed E-state index contributed by atoms with van der Waals surface area (Å²) in [6.07, 6.45) is 1.69. The number of fused-ring (bicyclic) bond motifs is 1. The van der Waals surface area contributed by atoms with Crippen LogP contribution in [-0.2, 0) is 4.79 Å². The molecule has 0 saturated carbocycles. The molecule has 1 N–H and O–H groups in total. The second kappa shape index (κ2) is 7.31. The number of hydrogen-bond donors (Lipinski definition) is 1. The topological polar surface area (TPSA) is 60.5 Å². The Morgan fingerprint density at radius 3 is 2.71 bits per heavy atom. The minimum absolute atomic E-state index is 0.0740. The van der Waals surface area contributed by atoms with Gasteiger partial charge in [0.2, 0.25) is 0 Å². The van der Waals surface area contributed by atoms with Crippen molar-refractivity contribution in [2.24, 2.45) is 0 Å². The number of ether oxygens (including phenoxy) is 2. The van der Waals surface area contributed by atoms with E-state index < -0.39 is 0 Å². The Balaban J connectivity index is 1.72. The van der Waals surface area contributed by atoms with Gasteiger partial charge in [-0.3, -0.25) is 9.78 Å². The van der Waals surface area contributed by atoms with E-state index in [1.165, 1.54) is 0 Å². The molecule has 1 heterocycles. The first-order valence-electron chi connectivity index (χ1n) is 7.27. The first-order chi connectivity index (χ1) is 11.7. The molecule has 122 valence electrons. The van der Waals surface area contributed by atoms with Crippen molar-refractivity contribution >= 4 is 38.4 Å². The average Bonchev–Trinajstić information content (AvgIpc) is 2.61. The van der Waals surface area contributed by atoms with Crippen molar-refractivity contribution in [2.45, 2.75) is 0 Å². The van der Waals surface area contributed by atoms with Gasteiger partial charge in [0.1, 0.15) is 17.0 Å². The molecule has 0 saturated heterocycles. The monoisotopic (exact) mass is 386 g/mol. The molecule has 1 aromatic heterocycles. The average molecular weight is 387 g/mol. The molecule has 6 heteroatoms. The molecule has 0 radical (unpaired) electrons. The maximum absolute atomic E-state index is 12.2. The second-order valence-electron chi connectivity index (χ2n) is 5.01. The first kappa shape index (κ1) is 16.3. The molecule has 0 unspecified atom stereocenters. The fourth-order valence-electron chi connectivity index (χ4n) is 2.29. The van der Waals surface area contributed by atoms with Crippen LogP contribution in [0.2, 0.25) is 0 Å². The third kappa shape index (κ3) is 3.65. The van der Waals surface area contributed by atoms with E-state index in [1.807, 2.05) is 24.3 Å². The van der Waals surface area contributed by atoms with Gasteiger partial charge in [-0.15, -0.1) is 0 Å². The van der Waals surface area contributed by atoms with E-state index in [-0.39, 0.29) is 12.5 Å². The van der Waals surface area contributed by atoms with Crippen molar-refractivity contribution in [3.05, 3.63) is 59.2 Å². The summed E-state index contributed by atoms with van der Waals surface area (Å²) in [6, 6.07) is 14.6. The molecular weight excluding hydrogens is 372 g/mol. The molecule has 0 spiro atoms. The van der Waals surface area contributed by atoms with Gasteiger partial charge in [-0.25, -0.2) is 0 Å². The van der Waals surface area contributed by atoms with Gasteiger partial charge >= 0.3 is 0 Å². The van der Waals surface area contributed by atoms with Crippen LogP contribution in [0, 0.1) is 0 Å². The molecule has 3 rings (SSSR count). The Labute approximate surface area is 147 Å². The summed E-state index contributed by atoms with van der Waals surface area (Å²) in [5.74, 6) is 1.05. The summed E-state index contributed by atoms with van der Waals surface area (Å²) >= 11 is 3.35. The smallest absolute Gasteiger partial charge is 0.262 e. The predicted octanol–water partition coefficient (Wildman–Crippen LogP) is 4.02. The number of halogens is 1. The quantitative estimate of drug-likeness (QED) is 0.719. The Morgan fingerprint density at radius 2 is 1.96 bits per heavy atom. The third-order valence-corrected chi connectivity index (χ3v) is 3.94. The van der Waals surface area contributed by atoms with Gasteiger partial charge in [0.25, 0.3) is 5.91 Å². The molecule has 0 aliphatic rings. The Hall–Kier alpha value is -2.60. The number of methoxy groups -OCH3 is 1. The summed E-state index contributed by atoms with van der Waals surface area (Å²) in [5.41, 5.74) is 1.37. The predicted molar refractivity (Wildman–Crippen MR) is 96.6 cm³/mol. The Morgan fingerprint density at radius 1 is 1.17 bits per heavy atom. The number of aromatic nitrogens is 1. The van der Waals surface area contributed by atoms with Crippen LogP contribution in [0.5, 0.6) is 11.5 Å². The van der Waals surface area contributed by atoms with Gasteiger partial charge in [0.15, 0.2) is 6.61 Å². The van der Waals surface area contributed by atoms with Crippen LogP contribution in [0.4, 0.5) is 5.69 Å². The lowest BCUT2D eigenvalue weighted by Crippen LogP contribution is -2.20. The highest BCUT2D eigenvalue weighted by Gasteiger charge is 2.10. The number of pyridine rings is 1. The van der Waals surface area contributed by atoms with E-state index in [2.05, 4.69) is 26.2 Å². The van der Waals surface area contributed by atoms with Crippen LogP contribution in [0.1, 0.15) is 0 Å². The lowest BCUT2D eigenvalue weighted by atomic mass is 10.1. The summed E-state index contributed by atoms with van der Waals surface area (Å²) in [5, 5.41) is 3.66.